The lowest BCUT2D eigenvalue weighted by Crippen LogP contribution is -2.04. The molecule has 0 amide bonds. The maximum Gasteiger partial charge on any atom is 0.340 e. The molecule has 0 fully saturated rings. The van der Waals surface area contributed by atoms with Crippen LogP contribution in [-0.4, -0.2) is 18.1 Å². The highest BCUT2D eigenvalue weighted by Crippen LogP contribution is 2.28. The molecule has 1 aromatic heterocycles. The van der Waals surface area contributed by atoms with Crippen LogP contribution >= 0.6 is 11.6 Å². The van der Waals surface area contributed by atoms with Crippen LogP contribution in [0, 0.1) is 11.6 Å². The van der Waals surface area contributed by atoms with Crippen LogP contribution in [0.3, 0.4) is 0 Å². The van der Waals surface area contributed by atoms with Gasteiger partial charge in [-0.05, 0) is 12.1 Å². The van der Waals surface area contributed by atoms with Crippen molar-refractivity contribution in [3.63, 3.8) is 0 Å². The first-order valence-corrected chi connectivity index (χ1v) is 4.94. The Balaban J connectivity index is 2.77. The van der Waals surface area contributed by atoms with E-state index in [-0.39, 0.29) is 21.5 Å². The number of rotatable bonds is 1. The number of fused-ring (bicyclic) bond motifs is 1. The van der Waals surface area contributed by atoms with Crippen LogP contribution < -0.4 is 0 Å². The minimum atomic E-state index is -1.10. The maximum absolute atomic E-state index is 13.4. The van der Waals surface area contributed by atoms with E-state index in [1.807, 2.05) is 0 Å². The molecule has 0 aliphatic rings. The van der Waals surface area contributed by atoms with Gasteiger partial charge in [-0.25, -0.2) is 13.6 Å². The molecule has 0 bridgehead atoms. The molecule has 3 nitrogen and oxygen atoms in total. The van der Waals surface area contributed by atoms with Crippen molar-refractivity contribution >= 4 is 28.5 Å². The Morgan fingerprint density at radius 3 is 2.76 bits per heavy atom. The predicted octanol–water partition coefficient (Wildman–Crippen LogP) is 2.95. The van der Waals surface area contributed by atoms with Gasteiger partial charge in [-0.1, -0.05) is 11.6 Å². The first-order valence-electron chi connectivity index (χ1n) is 4.56. The van der Waals surface area contributed by atoms with Crippen LogP contribution in [0.5, 0.6) is 0 Å². The lowest BCUT2D eigenvalue weighted by Gasteiger charge is -2.06. The quantitative estimate of drug-likeness (QED) is 0.738. The van der Waals surface area contributed by atoms with Crippen molar-refractivity contribution in [2.75, 3.05) is 7.11 Å². The summed E-state index contributed by atoms with van der Waals surface area (Å²) < 4.78 is 30.8. The molecule has 88 valence electrons. The normalized spacial score (nSPS) is 10.6. The molecule has 0 aliphatic carbocycles. The third-order valence-corrected chi connectivity index (χ3v) is 2.68. The molecule has 0 aliphatic heterocycles. The first-order chi connectivity index (χ1) is 8.06. The zero-order valence-corrected chi connectivity index (χ0v) is 9.39. The summed E-state index contributed by atoms with van der Waals surface area (Å²) in [5.41, 5.74) is -0.213. The molecule has 17 heavy (non-hydrogen) atoms. The van der Waals surface area contributed by atoms with E-state index in [4.69, 9.17) is 11.6 Å². The monoisotopic (exact) mass is 257 g/mol. The summed E-state index contributed by atoms with van der Waals surface area (Å²) in [6.45, 7) is 0. The van der Waals surface area contributed by atoms with Gasteiger partial charge in [-0.2, -0.15) is 0 Å². The van der Waals surface area contributed by atoms with Gasteiger partial charge in [0.25, 0.3) is 0 Å². The first kappa shape index (κ1) is 11.7. The molecule has 0 N–H and O–H groups in total. The lowest BCUT2D eigenvalue weighted by atomic mass is 10.1. The lowest BCUT2D eigenvalue weighted by molar-refractivity contribution is 0.0600. The second kappa shape index (κ2) is 4.25. The summed E-state index contributed by atoms with van der Waals surface area (Å²) in [5, 5.41) is 0.147. The Morgan fingerprint density at radius 2 is 2.12 bits per heavy atom. The van der Waals surface area contributed by atoms with Gasteiger partial charge in [-0.15, -0.1) is 0 Å². The van der Waals surface area contributed by atoms with Gasteiger partial charge in [0, 0.05) is 11.6 Å². The van der Waals surface area contributed by atoms with E-state index in [0.717, 1.165) is 12.3 Å². The fourth-order valence-corrected chi connectivity index (χ4v) is 1.70. The standard InChI is InChI=1S/C11H6ClF2NO2/c1-17-11(16)6-4-15-10-5(8(6)12)2-3-7(13)9(10)14/h2-4H,1H3. The van der Waals surface area contributed by atoms with Gasteiger partial charge in [0.15, 0.2) is 11.6 Å². The molecule has 2 rings (SSSR count). The van der Waals surface area contributed by atoms with Crippen molar-refractivity contribution in [2.24, 2.45) is 0 Å². The van der Waals surface area contributed by atoms with Crippen molar-refractivity contribution in [1.29, 1.82) is 0 Å². The minimum Gasteiger partial charge on any atom is -0.465 e. The number of nitrogens with zero attached hydrogens (tertiary/aromatic N) is 1. The van der Waals surface area contributed by atoms with Gasteiger partial charge in [0.2, 0.25) is 0 Å². The highest BCUT2D eigenvalue weighted by Gasteiger charge is 2.17. The fourth-order valence-electron chi connectivity index (χ4n) is 1.43. The third kappa shape index (κ3) is 1.82. The van der Waals surface area contributed by atoms with Crippen LogP contribution in [0.2, 0.25) is 5.02 Å². The number of ether oxygens (including phenoxy) is 1. The predicted molar refractivity (Wildman–Crippen MR) is 58.0 cm³/mol. The van der Waals surface area contributed by atoms with Crippen LogP contribution in [0.1, 0.15) is 10.4 Å². The molecule has 0 spiro atoms. The number of halogens is 3. The van der Waals surface area contributed by atoms with E-state index < -0.39 is 17.6 Å². The summed E-state index contributed by atoms with van der Waals surface area (Å²) in [7, 11) is 1.19. The Bertz CT molecular complexity index is 616. The Labute approximate surface area is 100.0 Å². The molecule has 2 aromatic rings. The van der Waals surface area contributed by atoms with Crippen molar-refractivity contribution in [3.8, 4) is 0 Å². The molecule has 0 unspecified atom stereocenters. The van der Waals surface area contributed by atoms with Crippen LogP contribution in [-0.2, 0) is 4.74 Å². The van der Waals surface area contributed by atoms with Gasteiger partial charge in [0.05, 0.1) is 17.7 Å². The molecular formula is C11H6ClF2NO2. The molecule has 0 saturated carbocycles. The third-order valence-electron chi connectivity index (χ3n) is 2.27. The van der Waals surface area contributed by atoms with E-state index in [2.05, 4.69) is 9.72 Å². The zero-order valence-electron chi connectivity index (χ0n) is 8.63. The summed E-state index contributed by atoms with van der Waals surface area (Å²) >= 11 is 5.91. The van der Waals surface area contributed by atoms with Crippen molar-refractivity contribution in [1.82, 2.24) is 4.98 Å². The number of hydrogen-bond donors (Lipinski definition) is 0. The number of carbonyl (C=O) groups excluding carboxylic acids is 1. The summed E-state index contributed by atoms with van der Waals surface area (Å²) in [4.78, 5) is 15.0. The second-order valence-electron chi connectivity index (χ2n) is 3.23. The maximum atomic E-state index is 13.4. The van der Waals surface area contributed by atoms with Crippen molar-refractivity contribution < 1.29 is 18.3 Å². The van der Waals surface area contributed by atoms with Gasteiger partial charge in [-0.3, -0.25) is 4.98 Å². The minimum absolute atomic E-state index is 0.00711. The number of benzene rings is 1. The van der Waals surface area contributed by atoms with Gasteiger partial charge in [0.1, 0.15) is 5.52 Å². The van der Waals surface area contributed by atoms with Crippen LogP contribution in [0.25, 0.3) is 10.9 Å². The van der Waals surface area contributed by atoms with E-state index in [1.165, 1.54) is 13.2 Å². The number of carbonyl (C=O) groups is 1. The molecule has 0 atom stereocenters. The van der Waals surface area contributed by atoms with Gasteiger partial charge >= 0.3 is 5.97 Å². The SMILES string of the molecule is COC(=O)c1cnc2c(F)c(F)ccc2c1Cl. The number of pyridine rings is 1. The Kier molecular flexibility index (Phi) is 2.93. The Morgan fingerprint density at radius 1 is 1.41 bits per heavy atom. The molecular weight excluding hydrogens is 252 g/mol. The molecule has 6 heteroatoms. The summed E-state index contributed by atoms with van der Waals surface area (Å²) in [6.07, 6.45) is 1.05. The molecule has 1 heterocycles. The summed E-state index contributed by atoms with van der Waals surface area (Å²) in [5.74, 6) is -2.80. The largest absolute Gasteiger partial charge is 0.465 e. The van der Waals surface area contributed by atoms with E-state index in [0.29, 0.717) is 0 Å². The summed E-state index contributed by atoms with van der Waals surface area (Å²) in [6, 6.07) is 2.18. The topological polar surface area (TPSA) is 39.2 Å². The van der Waals surface area contributed by atoms with E-state index >= 15 is 0 Å². The van der Waals surface area contributed by atoms with E-state index in [9.17, 15) is 13.6 Å². The Hall–Kier alpha value is -1.75. The highest BCUT2D eigenvalue weighted by atomic mass is 35.5. The molecule has 0 saturated heterocycles. The van der Waals surface area contributed by atoms with E-state index in [1.54, 1.807) is 0 Å². The van der Waals surface area contributed by atoms with Crippen LogP contribution in [0.4, 0.5) is 8.78 Å². The molecule has 1 aromatic carbocycles. The molecule has 0 radical (unpaired) electrons. The number of hydrogen-bond acceptors (Lipinski definition) is 3. The van der Waals surface area contributed by atoms with Crippen molar-refractivity contribution in [2.45, 2.75) is 0 Å². The second-order valence-corrected chi connectivity index (χ2v) is 3.61. The smallest absolute Gasteiger partial charge is 0.340 e. The highest BCUT2D eigenvalue weighted by molar-refractivity contribution is 6.38. The average molecular weight is 258 g/mol. The van der Waals surface area contributed by atoms with Gasteiger partial charge < -0.3 is 4.74 Å². The number of esters is 1. The van der Waals surface area contributed by atoms with Crippen molar-refractivity contribution in [3.05, 3.63) is 40.6 Å². The fraction of sp³-hybridized carbons (Fsp3) is 0.0909. The average Bonchev–Trinajstić information content (AvgIpc) is 2.33. The zero-order chi connectivity index (χ0) is 12.6. The number of methoxy groups -OCH3 is 1. The van der Waals surface area contributed by atoms with Crippen LogP contribution in [0.15, 0.2) is 18.3 Å². The number of aromatic nitrogens is 1.